The summed E-state index contributed by atoms with van der Waals surface area (Å²) in [5.41, 5.74) is -0.212. The molecule has 14 rings (SSSR count). The highest BCUT2D eigenvalue weighted by molar-refractivity contribution is 9.10. The molecule has 6 fully saturated rings. The highest BCUT2D eigenvalue weighted by Crippen LogP contribution is 2.53. The van der Waals surface area contributed by atoms with Crippen molar-refractivity contribution in [3.8, 4) is 11.1 Å². The molecule has 6 aliphatic rings. The summed E-state index contributed by atoms with van der Waals surface area (Å²) in [7, 11) is 5.43. The summed E-state index contributed by atoms with van der Waals surface area (Å²) in [4.78, 5) is 106. The standard InChI is InChI=1S/C28H30F4N6O3.C17H25BFNO3.C17H17BrF3N5O2.C10H15BrN4.C7H4F3NO3.C4H10ClO3P/c1-36-4-6-38(7-5-36)26-24(35-27(40)21-16-33-25(39)14-22(21)28(30,31)32)13-19(15-34-26)20-12-18(2-3-23(20)29)17-37-8-10-41-11-9-37;1-16(2)17(3,4)23-18(22-16)14-11-13(5-6-15(14)19)12-20-7-9-21-10-8-20;1-25-2-4-26(5-3-25)15-13(6-10(18)8-23-15)24-16(28)11-9-22-14(27)7-12(11)17(19,20)21;1-14-2-4-15(5-3-14)10-9(12)6-8(11)7-13-10;8-7(9,10)4-1-5(12)11-2-3(4)6(13)14;1-3-7-9(5,6)8-4-2/h2-3,12-16H,4-11,17H2,1H3,(H,33,39)(H,35,40);5-6,11H,7-10,12H2,1-4H3;6-9H,2-5H2,1H3,(H,22,27)(H,24,28);6-7H,2-5,12H2,1H3;1-2H,(H,11,12)(H,13,14);3-4H2,1-2H3. The Kier molecular flexibility index (Phi) is 37.2. The third-order valence-corrected chi connectivity index (χ3v) is 24.0. The van der Waals surface area contributed by atoms with E-state index < -0.39 is 117 Å². The molecule has 130 heavy (non-hydrogen) atoms. The maximum absolute atomic E-state index is 15.1. The fourth-order valence-corrected chi connectivity index (χ4v) is 15.6. The van der Waals surface area contributed by atoms with Gasteiger partial charge >= 0.3 is 38.6 Å². The van der Waals surface area contributed by atoms with E-state index in [-0.39, 0.29) is 28.8 Å². The van der Waals surface area contributed by atoms with Crippen molar-refractivity contribution >= 4 is 115 Å². The Morgan fingerprint density at radius 3 is 1.29 bits per heavy atom. The molecule has 2 aromatic carbocycles. The number of likely N-dealkylation sites (N-methyl/N-ethyl adjacent to an activating group) is 3. The summed E-state index contributed by atoms with van der Waals surface area (Å²) in [6, 6.07) is 15.9. The number of ether oxygens (including phenoxy) is 2. The smallest absolute Gasteiger partial charge is 0.478 e. The molecular weight excluding hydrogens is 1910 g/mol. The first-order valence-corrected chi connectivity index (χ1v) is 44.9. The molecule has 0 unspecified atom stereocenters. The number of hydrogen-bond donors (Lipinski definition) is 7. The van der Waals surface area contributed by atoms with Gasteiger partial charge in [0.1, 0.15) is 11.6 Å². The molecule has 0 bridgehead atoms. The summed E-state index contributed by atoms with van der Waals surface area (Å²) in [5, 5.41) is 13.5. The number of amides is 2. The summed E-state index contributed by atoms with van der Waals surface area (Å²) in [6.45, 7) is 25.8. The van der Waals surface area contributed by atoms with Gasteiger partial charge in [-0.15, -0.1) is 0 Å². The number of carbonyl (C=O) groups is 3. The summed E-state index contributed by atoms with van der Waals surface area (Å²) in [5.74, 6) is -2.85. The minimum atomic E-state index is -4.93. The number of carbonyl (C=O) groups excluding carboxylic acids is 2. The summed E-state index contributed by atoms with van der Waals surface area (Å²) >= 11 is 11.9. The second-order valence-electron chi connectivity index (χ2n) is 31.4. The van der Waals surface area contributed by atoms with Gasteiger partial charge in [-0.1, -0.05) is 18.2 Å². The third kappa shape index (κ3) is 30.1. The zero-order valence-corrected chi connectivity index (χ0v) is 77.3. The van der Waals surface area contributed by atoms with Gasteiger partial charge in [-0.25, -0.2) is 33.1 Å². The van der Waals surface area contributed by atoms with Crippen molar-refractivity contribution in [3.63, 3.8) is 0 Å². The van der Waals surface area contributed by atoms with E-state index in [2.05, 4.69) is 113 Å². The van der Waals surface area contributed by atoms with Crippen molar-refractivity contribution in [2.24, 2.45) is 0 Å². The van der Waals surface area contributed by atoms with Crippen LogP contribution < -0.4 is 53.2 Å². The monoisotopic (exact) mass is 2000 g/mol. The molecule has 47 heteroatoms. The van der Waals surface area contributed by atoms with Crippen LogP contribution in [-0.4, -0.2) is 261 Å². The van der Waals surface area contributed by atoms with Crippen LogP contribution in [0.15, 0.2) is 133 Å². The van der Waals surface area contributed by atoms with Gasteiger partial charge in [0.05, 0.1) is 101 Å². The number of piperazine rings is 3. The van der Waals surface area contributed by atoms with Crippen LogP contribution in [0.5, 0.6) is 0 Å². The van der Waals surface area contributed by atoms with Crippen LogP contribution in [0.2, 0.25) is 0 Å². The Hall–Kier alpha value is -9.32. The number of aromatic amines is 3. The normalized spacial score (nSPS) is 17.1. The Morgan fingerprint density at radius 2 is 0.892 bits per heavy atom. The second kappa shape index (κ2) is 46.4. The Bertz CT molecular complexity index is 5400. The predicted molar refractivity (Wildman–Crippen MR) is 477 cm³/mol. The van der Waals surface area contributed by atoms with Crippen molar-refractivity contribution < 1.29 is 100 Å². The molecular formula is C83H101BBr2ClF11N17O14P. The second-order valence-corrected chi connectivity index (χ2v) is 35.9. The third-order valence-electron chi connectivity index (χ3n) is 21.4. The summed E-state index contributed by atoms with van der Waals surface area (Å²) < 4.78 is 191. The quantitative estimate of drug-likeness (QED) is 0.0238. The lowest BCUT2D eigenvalue weighted by Gasteiger charge is -2.34. The van der Waals surface area contributed by atoms with Gasteiger partial charge in [-0.05, 0) is 142 Å². The van der Waals surface area contributed by atoms with Gasteiger partial charge in [-0.2, -0.15) is 39.5 Å². The first kappa shape index (κ1) is 104. The fourth-order valence-electron chi connectivity index (χ4n) is 13.7. The van der Waals surface area contributed by atoms with Gasteiger partial charge in [0.15, 0.2) is 17.5 Å². The molecule has 0 aliphatic carbocycles. The van der Waals surface area contributed by atoms with E-state index >= 15 is 4.39 Å². The minimum absolute atomic E-state index is 0.134. The van der Waals surface area contributed by atoms with E-state index in [0.717, 1.165) is 125 Å². The molecule has 0 saturated carbocycles. The van der Waals surface area contributed by atoms with Crippen molar-refractivity contribution in [2.45, 2.75) is 84.4 Å². The van der Waals surface area contributed by atoms with Crippen LogP contribution in [0.4, 0.5) is 82.8 Å². The average molecular weight is 2010 g/mol. The van der Waals surface area contributed by atoms with Crippen LogP contribution in [0.25, 0.3) is 11.1 Å². The molecule has 708 valence electrons. The Balaban J connectivity index is 0.000000188. The molecule has 8 N–H and O–H groups in total. The maximum Gasteiger partial charge on any atom is 0.497 e. The largest absolute Gasteiger partial charge is 0.497 e. The molecule has 0 spiro atoms. The van der Waals surface area contributed by atoms with Crippen LogP contribution in [0.3, 0.4) is 0 Å². The molecule has 0 atom stereocenters. The zero-order valence-electron chi connectivity index (χ0n) is 72.4. The minimum Gasteiger partial charge on any atom is -0.478 e. The Labute approximate surface area is 763 Å². The maximum atomic E-state index is 15.1. The lowest BCUT2D eigenvalue weighted by molar-refractivity contribution is -0.138. The number of aromatic carboxylic acids is 1. The lowest BCUT2D eigenvalue weighted by atomic mass is 9.78. The number of carboxylic acid groups (broad SMARTS) is 1. The van der Waals surface area contributed by atoms with E-state index in [4.69, 9.17) is 40.9 Å². The highest BCUT2D eigenvalue weighted by atomic mass is 79.9. The number of benzene rings is 2. The average Bonchev–Trinajstić information content (AvgIpc) is 1.63. The number of rotatable bonds is 18. The van der Waals surface area contributed by atoms with Crippen LogP contribution >= 0.6 is 50.0 Å². The number of hydrogen-bond acceptors (Lipinski definition) is 25. The van der Waals surface area contributed by atoms with Crippen LogP contribution in [0, 0.1) is 11.6 Å². The van der Waals surface area contributed by atoms with Crippen LogP contribution in [0.1, 0.15) is 100 Å². The van der Waals surface area contributed by atoms with Crippen molar-refractivity contribution in [1.29, 1.82) is 0 Å². The van der Waals surface area contributed by atoms with Crippen molar-refractivity contribution in [3.05, 3.63) is 206 Å². The first-order chi connectivity index (χ1) is 61.1. The van der Waals surface area contributed by atoms with E-state index in [1.807, 2.05) is 74.8 Å². The number of H-pyrrole nitrogens is 3. The van der Waals surface area contributed by atoms with Crippen molar-refractivity contribution in [1.82, 2.24) is 54.4 Å². The Morgan fingerprint density at radius 1 is 0.531 bits per heavy atom. The van der Waals surface area contributed by atoms with E-state index in [1.54, 1.807) is 44.4 Å². The molecule has 31 nitrogen and oxygen atoms in total. The van der Waals surface area contributed by atoms with E-state index in [0.29, 0.717) is 118 Å². The molecule has 2 amide bonds. The topological polar surface area (TPSA) is 357 Å². The number of anilines is 6. The molecule has 6 aromatic heterocycles. The van der Waals surface area contributed by atoms with Gasteiger partial charge in [-0.3, -0.25) is 42.8 Å². The molecule has 6 saturated heterocycles. The SMILES string of the molecule is CC1(C)OB(c2cc(CN3CCOCC3)ccc2F)OC1(C)C.CCOP(=O)(Cl)OCC.CN1CCN(c2ncc(-c3cc(CN4CCOCC4)ccc3F)cc2NC(=O)c2c[nH]c(=O)cc2C(F)(F)F)CC1.CN1CCN(c2ncc(Br)cc2N)CC1.CN1CCN(c2ncc(Br)cc2NC(=O)c2c[nH]c(=O)cc2C(F)(F)F)CC1.O=C(O)c1c[nH]c(=O)cc1C(F)(F)F. The van der Waals surface area contributed by atoms with Gasteiger partial charge in [0.2, 0.25) is 16.7 Å². The number of aromatic nitrogens is 6. The molecule has 8 aromatic rings. The number of pyridine rings is 6. The van der Waals surface area contributed by atoms with Crippen LogP contribution in [-0.2, 0) is 64.0 Å². The molecule has 6 aliphatic heterocycles. The van der Waals surface area contributed by atoms with Gasteiger partial charge < -0.3 is 84.6 Å². The number of halogens is 14. The number of nitrogens with one attached hydrogen (secondary N) is 5. The number of carboxylic acids is 1. The number of morpholine rings is 2. The van der Waals surface area contributed by atoms with E-state index in [1.165, 1.54) is 24.4 Å². The van der Waals surface area contributed by atoms with Crippen molar-refractivity contribution in [2.75, 3.05) is 197 Å². The number of nitrogens with two attached hydrogens (primary N) is 1. The number of alkyl halides is 9. The van der Waals surface area contributed by atoms with Gasteiger partial charge in [0.25, 0.3) is 11.8 Å². The first-order valence-electron chi connectivity index (χ1n) is 40.9. The predicted octanol–water partition coefficient (Wildman–Crippen LogP) is 12.6. The number of nitrogens with zero attached hydrogens (tertiary/aromatic N) is 11. The number of nitrogen functional groups attached to an aromatic ring is 1. The fraction of sp³-hybridized carbons (Fsp3) is 0.458. The molecule has 12 heterocycles. The molecule has 0 radical (unpaired) electrons. The van der Waals surface area contributed by atoms with E-state index in [9.17, 15) is 77.2 Å². The van der Waals surface area contributed by atoms with Gasteiger partial charge in [0, 0.05) is 210 Å². The summed E-state index contributed by atoms with van der Waals surface area (Å²) in [6.07, 6.45) is -7.73. The highest BCUT2D eigenvalue weighted by Gasteiger charge is 2.53. The zero-order chi connectivity index (χ0) is 95.4. The lowest BCUT2D eigenvalue weighted by Crippen LogP contribution is -2.45.